The van der Waals surface area contributed by atoms with Gasteiger partial charge >= 0.3 is 0 Å². The smallest absolute Gasteiger partial charge is 0.137 e. The maximum Gasteiger partial charge on any atom is 0.137 e. The molecule has 0 amide bonds. The molecule has 0 aliphatic heterocycles. The van der Waals surface area contributed by atoms with Gasteiger partial charge in [0.05, 0.1) is 12.1 Å². The summed E-state index contributed by atoms with van der Waals surface area (Å²) in [6, 6.07) is 12.3. The number of rotatable bonds is 5. The first kappa shape index (κ1) is 13.8. The third-order valence-electron chi connectivity index (χ3n) is 2.82. The zero-order valence-corrected chi connectivity index (χ0v) is 11.4. The van der Waals surface area contributed by atoms with Crippen LogP contribution in [0.2, 0.25) is 5.02 Å². The minimum absolute atomic E-state index is 0.192. The van der Waals surface area contributed by atoms with Crippen LogP contribution in [0.25, 0.3) is 0 Å². The summed E-state index contributed by atoms with van der Waals surface area (Å²) in [4.78, 5) is 0. The van der Waals surface area contributed by atoms with Gasteiger partial charge in [0.25, 0.3) is 0 Å². The molecule has 0 bridgehead atoms. The zero-order chi connectivity index (χ0) is 13.7. The Morgan fingerprint density at radius 3 is 2.63 bits per heavy atom. The van der Waals surface area contributed by atoms with E-state index in [1.165, 1.54) is 6.07 Å². The van der Waals surface area contributed by atoms with Gasteiger partial charge in [0.2, 0.25) is 0 Å². The largest absolute Gasteiger partial charge is 0.495 e. The summed E-state index contributed by atoms with van der Waals surface area (Å²) in [7, 11) is 1.58. The van der Waals surface area contributed by atoms with Crippen molar-refractivity contribution in [3.05, 3.63) is 64.4 Å². The van der Waals surface area contributed by atoms with Gasteiger partial charge in [-0.3, -0.25) is 0 Å². The molecule has 0 saturated heterocycles. The van der Waals surface area contributed by atoms with Crippen molar-refractivity contribution in [2.24, 2.45) is 0 Å². The van der Waals surface area contributed by atoms with E-state index in [0.29, 0.717) is 29.4 Å². The Morgan fingerprint density at radius 1 is 1.16 bits per heavy atom. The summed E-state index contributed by atoms with van der Waals surface area (Å²) in [5.74, 6) is 0.460. The molecule has 0 atom stereocenters. The first-order valence-corrected chi connectivity index (χ1v) is 6.35. The first-order chi connectivity index (χ1) is 9.20. The Balaban J connectivity index is 1.93. The number of halogens is 2. The Bertz CT molecular complexity index is 560. The first-order valence-electron chi connectivity index (χ1n) is 5.97. The number of benzene rings is 2. The van der Waals surface area contributed by atoms with E-state index in [1.807, 2.05) is 24.3 Å². The minimum Gasteiger partial charge on any atom is -0.495 e. The monoisotopic (exact) mass is 279 g/mol. The third-order valence-corrected chi connectivity index (χ3v) is 3.11. The molecule has 19 heavy (non-hydrogen) atoms. The van der Waals surface area contributed by atoms with Crippen LogP contribution < -0.4 is 10.1 Å². The van der Waals surface area contributed by atoms with Gasteiger partial charge in [-0.05, 0) is 23.8 Å². The average Bonchev–Trinajstić information content (AvgIpc) is 2.41. The van der Waals surface area contributed by atoms with Crippen LogP contribution in [0, 0.1) is 5.82 Å². The molecular formula is C15H15ClFNO. The van der Waals surface area contributed by atoms with Gasteiger partial charge in [-0.15, -0.1) is 0 Å². The van der Waals surface area contributed by atoms with E-state index in [0.717, 1.165) is 5.56 Å². The Labute approximate surface area is 117 Å². The molecule has 0 unspecified atom stereocenters. The molecule has 0 radical (unpaired) electrons. The molecule has 0 aliphatic rings. The molecule has 0 heterocycles. The summed E-state index contributed by atoms with van der Waals surface area (Å²) < 4.78 is 18.5. The molecule has 0 aromatic heterocycles. The van der Waals surface area contributed by atoms with Crippen molar-refractivity contribution >= 4 is 11.6 Å². The topological polar surface area (TPSA) is 21.3 Å². The number of nitrogens with one attached hydrogen (secondary N) is 1. The number of methoxy groups -OCH3 is 1. The summed E-state index contributed by atoms with van der Waals surface area (Å²) in [5.41, 5.74) is 1.68. The molecule has 2 rings (SSSR count). The molecule has 100 valence electrons. The van der Waals surface area contributed by atoms with Crippen LogP contribution in [0.4, 0.5) is 4.39 Å². The van der Waals surface area contributed by atoms with E-state index >= 15 is 0 Å². The maximum atomic E-state index is 13.4. The van der Waals surface area contributed by atoms with Crippen LogP contribution in [0.3, 0.4) is 0 Å². The van der Waals surface area contributed by atoms with E-state index in [1.54, 1.807) is 19.2 Å². The Morgan fingerprint density at radius 2 is 1.95 bits per heavy atom. The molecule has 0 aliphatic carbocycles. The summed E-state index contributed by atoms with van der Waals surface area (Å²) in [6.45, 7) is 1.11. The van der Waals surface area contributed by atoms with Crippen LogP contribution >= 0.6 is 11.6 Å². The highest BCUT2D eigenvalue weighted by molar-refractivity contribution is 6.32. The average molecular weight is 280 g/mol. The lowest BCUT2D eigenvalue weighted by Crippen LogP contribution is -2.13. The predicted octanol–water partition coefficient (Wildman–Crippen LogP) is 3.78. The van der Waals surface area contributed by atoms with Crippen molar-refractivity contribution in [1.29, 1.82) is 0 Å². The Hall–Kier alpha value is -1.58. The van der Waals surface area contributed by atoms with Gasteiger partial charge in [0.15, 0.2) is 0 Å². The fourth-order valence-electron chi connectivity index (χ4n) is 1.80. The van der Waals surface area contributed by atoms with Crippen molar-refractivity contribution in [2.45, 2.75) is 13.1 Å². The van der Waals surface area contributed by atoms with Crippen molar-refractivity contribution in [1.82, 2.24) is 5.32 Å². The third kappa shape index (κ3) is 3.69. The van der Waals surface area contributed by atoms with Crippen molar-refractivity contribution < 1.29 is 9.13 Å². The second kappa shape index (κ2) is 6.55. The molecule has 1 N–H and O–H groups in total. The molecule has 4 heteroatoms. The van der Waals surface area contributed by atoms with E-state index in [4.69, 9.17) is 16.3 Å². The van der Waals surface area contributed by atoms with Gasteiger partial charge in [-0.1, -0.05) is 35.9 Å². The lowest BCUT2D eigenvalue weighted by molar-refractivity contribution is 0.415. The molecule has 2 nitrogen and oxygen atoms in total. The Kier molecular flexibility index (Phi) is 4.77. The van der Waals surface area contributed by atoms with Gasteiger partial charge in [-0.25, -0.2) is 4.39 Å². The predicted molar refractivity (Wildman–Crippen MR) is 74.9 cm³/mol. The fourth-order valence-corrected chi connectivity index (χ4v) is 2.08. The molecule has 0 saturated carbocycles. The van der Waals surface area contributed by atoms with Crippen LogP contribution in [-0.4, -0.2) is 7.11 Å². The highest BCUT2D eigenvalue weighted by atomic mass is 35.5. The SMILES string of the molecule is COc1ccc(CNCc2ccccc2F)cc1Cl. The van der Waals surface area contributed by atoms with Crippen molar-refractivity contribution in [2.75, 3.05) is 7.11 Å². The molecule has 0 fully saturated rings. The van der Waals surface area contributed by atoms with E-state index in [-0.39, 0.29) is 5.82 Å². The van der Waals surface area contributed by atoms with E-state index in [2.05, 4.69) is 5.32 Å². The zero-order valence-electron chi connectivity index (χ0n) is 10.6. The van der Waals surface area contributed by atoms with E-state index < -0.39 is 0 Å². The van der Waals surface area contributed by atoms with Gasteiger partial charge in [0, 0.05) is 18.7 Å². The van der Waals surface area contributed by atoms with Crippen LogP contribution in [0.1, 0.15) is 11.1 Å². The summed E-state index contributed by atoms with van der Waals surface area (Å²) in [5, 5.41) is 3.76. The molecular weight excluding hydrogens is 265 g/mol. The van der Waals surface area contributed by atoms with Gasteiger partial charge in [-0.2, -0.15) is 0 Å². The standard InChI is InChI=1S/C15H15ClFNO/c1-19-15-7-6-11(8-13(15)16)9-18-10-12-4-2-3-5-14(12)17/h2-8,18H,9-10H2,1H3. The minimum atomic E-state index is -0.192. The second-order valence-corrected chi connectivity index (χ2v) is 4.57. The van der Waals surface area contributed by atoms with Gasteiger partial charge < -0.3 is 10.1 Å². The van der Waals surface area contributed by atoms with Crippen molar-refractivity contribution in [3.8, 4) is 5.75 Å². The molecule has 2 aromatic rings. The van der Waals surface area contributed by atoms with Crippen molar-refractivity contribution in [3.63, 3.8) is 0 Å². The number of hydrogen-bond acceptors (Lipinski definition) is 2. The highest BCUT2D eigenvalue weighted by Crippen LogP contribution is 2.24. The highest BCUT2D eigenvalue weighted by Gasteiger charge is 2.03. The van der Waals surface area contributed by atoms with Gasteiger partial charge in [0.1, 0.15) is 11.6 Å². The van der Waals surface area contributed by atoms with E-state index in [9.17, 15) is 4.39 Å². The normalized spacial score (nSPS) is 10.5. The maximum absolute atomic E-state index is 13.4. The van der Waals surface area contributed by atoms with Crippen LogP contribution in [0.5, 0.6) is 5.75 Å². The van der Waals surface area contributed by atoms with Crippen LogP contribution in [-0.2, 0) is 13.1 Å². The quantitative estimate of drug-likeness (QED) is 0.899. The summed E-state index contributed by atoms with van der Waals surface area (Å²) >= 11 is 6.04. The number of ether oxygens (including phenoxy) is 1. The fraction of sp³-hybridized carbons (Fsp3) is 0.200. The lowest BCUT2D eigenvalue weighted by Gasteiger charge is -2.08. The van der Waals surface area contributed by atoms with Crippen LogP contribution in [0.15, 0.2) is 42.5 Å². The number of hydrogen-bond donors (Lipinski definition) is 1. The second-order valence-electron chi connectivity index (χ2n) is 4.16. The molecule has 2 aromatic carbocycles. The lowest BCUT2D eigenvalue weighted by atomic mass is 10.2. The summed E-state index contributed by atoms with van der Waals surface area (Å²) in [6.07, 6.45) is 0. The molecule has 0 spiro atoms.